The number of nitrogens with zero attached hydrogens (tertiary/aromatic N) is 2. The zero-order valence-electron chi connectivity index (χ0n) is 9.92. The predicted molar refractivity (Wildman–Crippen MR) is 70.1 cm³/mol. The van der Waals surface area contributed by atoms with Gasteiger partial charge in [-0.3, -0.25) is 5.10 Å². The van der Waals surface area contributed by atoms with Crippen LogP contribution >= 0.6 is 11.3 Å². The number of H-pyrrole nitrogens is 1. The van der Waals surface area contributed by atoms with Crippen molar-refractivity contribution in [1.82, 2.24) is 15.2 Å². The Bertz CT molecular complexity index is 541. The van der Waals surface area contributed by atoms with Crippen LogP contribution in [-0.4, -0.2) is 15.2 Å². The van der Waals surface area contributed by atoms with Crippen molar-refractivity contribution in [1.29, 1.82) is 0 Å². The summed E-state index contributed by atoms with van der Waals surface area (Å²) in [6, 6.07) is 0. The Balaban J connectivity index is 2.10. The summed E-state index contributed by atoms with van der Waals surface area (Å²) in [5.74, 6) is 1.70. The van der Waals surface area contributed by atoms with E-state index in [1.807, 2.05) is 0 Å². The molecule has 0 atom stereocenters. The predicted octanol–water partition coefficient (Wildman–Crippen LogP) is 2.56. The SMILES string of the molecule is CCc1nc(-c2c(N)sc3c2CCCC3)n[nH]1. The molecule has 2 heterocycles. The van der Waals surface area contributed by atoms with Crippen molar-refractivity contribution in [3.63, 3.8) is 0 Å². The monoisotopic (exact) mass is 248 g/mol. The van der Waals surface area contributed by atoms with E-state index < -0.39 is 0 Å². The van der Waals surface area contributed by atoms with Crippen LogP contribution in [-0.2, 0) is 19.3 Å². The first kappa shape index (κ1) is 10.8. The van der Waals surface area contributed by atoms with Crippen LogP contribution in [0.2, 0.25) is 0 Å². The summed E-state index contributed by atoms with van der Waals surface area (Å²) in [5, 5.41) is 8.13. The fourth-order valence-electron chi connectivity index (χ4n) is 2.40. The fourth-order valence-corrected chi connectivity index (χ4v) is 3.55. The van der Waals surface area contributed by atoms with Gasteiger partial charge in [-0.2, -0.15) is 5.10 Å². The maximum absolute atomic E-state index is 6.13. The van der Waals surface area contributed by atoms with E-state index in [2.05, 4.69) is 22.1 Å². The van der Waals surface area contributed by atoms with Crippen molar-refractivity contribution in [2.75, 3.05) is 5.73 Å². The molecule has 0 saturated carbocycles. The van der Waals surface area contributed by atoms with Crippen molar-refractivity contribution in [3.8, 4) is 11.4 Å². The molecule has 0 aliphatic heterocycles. The third-order valence-corrected chi connectivity index (χ3v) is 4.41. The highest BCUT2D eigenvalue weighted by Gasteiger charge is 2.22. The number of hydrogen-bond donors (Lipinski definition) is 2. The molecule has 17 heavy (non-hydrogen) atoms. The standard InChI is InChI=1S/C12H16N4S/c1-2-9-14-12(16-15-9)10-7-5-3-4-6-8(7)17-11(10)13/h2-6,13H2,1H3,(H,14,15,16). The van der Waals surface area contributed by atoms with Crippen LogP contribution in [0.15, 0.2) is 0 Å². The van der Waals surface area contributed by atoms with E-state index in [1.165, 1.54) is 23.3 Å². The molecule has 2 aromatic heterocycles. The van der Waals surface area contributed by atoms with Crippen molar-refractivity contribution in [3.05, 3.63) is 16.3 Å². The van der Waals surface area contributed by atoms with Gasteiger partial charge in [0.05, 0.1) is 10.6 Å². The summed E-state index contributed by atoms with van der Waals surface area (Å²) in [7, 11) is 0. The van der Waals surface area contributed by atoms with Crippen LogP contribution in [0, 0.1) is 0 Å². The first-order valence-electron chi connectivity index (χ1n) is 6.11. The molecule has 0 bridgehead atoms. The first-order chi connectivity index (χ1) is 8.29. The smallest absolute Gasteiger partial charge is 0.184 e. The number of anilines is 1. The maximum Gasteiger partial charge on any atom is 0.184 e. The molecule has 2 aromatic rings. The number of nitrogens with one attached hydrogen (secondary N) is 1. The van der Waals surface area contributed by atoms with Gasteiger partial charge in [0.25, 0.3) is 0 Å². The Morgan fingerprint density at radius 3 is 2.94 bits per heavy atom. The maximum atomic E-state index is 6.13. The highest BCUT2D eigenvalue weighted by molar-refractivity contribution is 7.16. The molecule has 1 aliphatic carbocycles. The highest BCUT2D eigenvalue weighted by atomic mass is 32.1. The van der Waals surface area contributed by atoms with E-state index in [0.717, 1.165) is 41.5 Å². The number of nitrogens with two attached hydrogens (primary N) is 1. The molecule has 0 saturated heterocycles. The lowest BCUT2D eigenvalue weighted by Crippen LogP contribution is -2.00. The number of aryl methyl sites for hydroxylation is 2. The lowest BCUT2D eigenvalue weighted by atomic mass is 9.95. The second-order valence-electron chi connectivity index (χ2n) is 4.41. The third kappa shape index (κ3) is 1.74. The van der Waals surface area contributed by atoms with E-state index in [1.54, 1.807) is 11.3 Å². The van der Waals surface area contributed by atoms with Gasteiger partial charge in [-0.15, -0.1) is 11.3 Å². The normalized spacial score (nSPS) is 14.9. The van der Waals surface area contributed by atoms with Gasteiger partial charge in [0, 0.05) is 11.3 Å². The Morgan fingerprint density at radius 2 is 2.18 bits per heavy atom. The van der Waals surface area contributed by atoms with Gasteiger partial charge in [-0.05, 0) is 31.2 Å². The van der Waals surface area contributed by atoms with Crippen molar-refractivity contribution in [2.45, 2.75) is 39.0 Å². The van der Waals surface area contributed by atoms with Gasteiger partial charge in [0.2, 0.25) is 0 Å². The molecular formula is C12H16N4S. The molecule has 3 rings (SSSR count). The molecule has 0 fully saturated rings. The number of hydrogen-bond acceptors (Lipinski definition) is 4. The number of rotatable bonds is 2. The molecule has 5 heteroatoms. The molecule has 0 unspecified atom stereocenters. The van der Waals surface area contributed by atoms with Crippen LogP contribution in [0.1, 0.15) is 36.0 Å². The largest absolute Gasteiger partial charge is 0.390 e. The van der Waals surface area contributed by atoms with E-state index in [4.69, 9.17) is 5.73 Å². The van der Waals surface area contributed by atoms with Gasteiger partial charge >= 0.3 is 0 Å². The molecule has 0 aromatic carbocycles. The third-order valence-electron chi connectivity index (χ3n) is 3.29. The minimum Gasteiger partial charge on any atom is -0.390 e. The Morgan fingerprint density at radius 1 is 1.35 bits per heavy atom. The van der Waals surface area contributed by atoms with Crippen LogP contribution in [0.25, 0.3) is 11.4 Å². The topological polar surface area (TPSA) is 67.6 Å². The first-order valence-corrected chi connectivity index (χ1v) is 6.93. The molecule has 0 amide bonds. The zero-order valence-corrected chi connectivity index (χ0v) is 10.7. The molecule has 1 aliphatic rings. The second-order valence-corrected chi connectivity index (χ2v) is 5.55. The van der Waals surface area contributed by atoms with E-state index in [-0.39, 0.29) is 0 Å². The van der Waals surface area contributed by atoms with Crippen LogP contribution in [0.5, 0.6) is 0 Å². The minimum absolute atomic E-state index is 0.777. The Hall–Kier alpha value is -1.36. The van der Waals surface area contributed by atoms with E-state index >= 15 is 0 Å². The minimum atomic E-state index is 0.777. The Kier molecular flexibility index (Phi) is 2.63. The number of nitrogen functional groups attached to an aromatic ring is 1. The van der Waals surface area contributed by atoms with Crippen molar-refractivity contribution in [2.24, 2.45) is 0 Å². The molecule has 0 spiro atoms. The van der Waals surface area contributed by atoms with E-state index in [9.17, 15) is 0 Å². The lowest BCUT2D eigenvalue weighted by Gasteiger charge is -2.11. The van der Waals surface area contributed by atoms with Gasteiger partial charge in [-0.25, -0.2) is 4.98 Å². The van der Waals surface area contributed by atoms with E-state index in [0.29, 0.717) is 0 Å². The summed E-state index contributed by atoms with van der Waals surface area (Å²) in [6.07, 6.45) is 5.69. The molecule has 0 radical (unpaired) electrons. The summed E-state index contributed by atoms with van der Waals surface area (Å²) >= 11 is 1.71. The number of thiophene rings is 1. The quantitative estimate of drug-likeness (QED) is 0.858. The molecular weight excluding hydrogens is 232 g/mol. The fraction of sp³-hybridized carbons (Fsp3) is 0.500. The van der Waals surface area contributed by atoms with Crippen molar-refractivity contribution < 1.29 is 0 Å². The number of aromatic nitrogens is 3. The van der Waals surface area contributed by atoms with Gasteiger partial charge in [0.15, 0.2) is 5.82 Å². The van der Waals surface area contributed by atoms with Gasteiger partial charge in [-0.1, -0.05) is 6.92 Å². The van der Waals surface area contributed by atoms with Crippen LogP contribution in [0.4, 0.5) is 5.00 Å². The zero-order chi connectivity index (χ0) is 11.8. The molecule has 90 valence electrons. The summed E-state index contributed by atoms with van der Waals surface area (Å²) < 4.78 is 0. The molecule has 3 N–H and O–H groups in total. The Labute approximate surface area is 104 Å². The lowest BCUT2D eigenvalue weighted by molar-refractivity contribution is 0.697. The van der Waals surface area contributed by atoms with Gasteiger partial charge < -0.3 is 5.73 Å². The number of aromatic amines is 1. The highest BCUT2D eigenvalue weighted by Crippen LogP contribution is 2.41. The summed E-state index contributed by atoms with van der Waals surface area (Å²) in [6.45, 7) is 2.07. The van der Waals surface area contributed by atoms with Crippen LogP contribution < -0.4 is 5.73 Å². The van der Waals surface area contributed by atoms with Crippen molar-refractivity contribution >= 4 is 16.3 Å². The summed E-state index contributed by atoms with van der Waals surface area (Å²) in [4.78, 5) is 5.94. The average molecular weight is 248 g/mol. The number of fused-ring (bicyclic) bond motifs is 1. The van der Waals surface area contributed by atoms with Gasteiger partial charge in [0.1, 0.15) is 5.82 Å². The summed E-state index contributed by atoms with van der Waals surface area (Å²) in [5.41, 5.74) is 8.60. The van der Waals surface area contributed by atoms with Crippen LogP contribution in [0.3, 0.4) is 0 Å². The molecule has 4 nitrogen and oxygen atoms in total. The second kappa shape index (κ2) is 4.14. The average Bonchev–Trinajstić information content (AvgIpc) is 2.91.